The normalized spacial score (nSPS) is 24.6. The molecular formula is C19H37IN4O. The molecule has 0 radical (unpaired) electrons. The van der Waals surface area contributed by atoms with Crippen LogP contribution in [0.25, 0.3) is 0 Å². The summed E-state index contributed by atoms with van der Waals surface area (Å²) in [4.78, 5) is 10.1. The number of guanidine groups is 1. The minimum atomic E-state index is 0. The highest BCUT2D eigenvalue weighted by molar-refractivity contribution is 14.0. The van der Waals surface area contributed by atoms with Crippen molar-refractivity contribution in [3.8, 4) is 0 Å². The van der Waals surface area contributed by atoms with Crippen LogP contribution in [0.5, 0.6) is 0 Å². The third-order valence-corrected chi connectivity index (χ3v) is 6.22. The number of likely N-dealkylation sites (tertiary alicyclic amines) is 1. The molecule has 146 valence electrons. The molecule has 3 fully saturated rings. The van der Waals surface area contributed by atoms with Gasteiger partial charge in [-0.25, -0.2) is 0 Å². The topological polar surface area (TPSA) is 40.1 Å². The number of nitrogens with one attached hydrogen (secondary N) is 1. The molecule has 6 heteroatoms. The fraction of sp³-hybridized carbons (Fsp3) is 0.947. The molecular weight excluding hydrogens is 427 g/mol. The maximum atomic E-state index is 5.50. The van der Waals surface area contributed by atoms with Gasteiger partial charge in [0.1, 0.15) is 0 Å². The summed E-state index contributed by atoms with van der Waals surface area (Å²) in [6.45, 7) is 14.7. The molecule has 0 aromatic rings. The van der Waals surface area contributed by atoms with Crippen LogP contribution in [-0.4, -0.2) is 73.8 Å². The molecule has 1 saturated carbocycles. The van der Waals surface area contributed by atoms with Gasteiger partial charge in [0.2, 0.25) is 0 Å². The molecule has 0 atom stereocenters. The Hall–Kier alpha value is -0.0800. The van der Waals surface area contributed by atoms with Crippen molar-refractivity contribution in [3.63, 3.8) is 0 Å². The smallest absolute Gasteiger partial charge is 0.193 e. The molecule has 0 amide bonds. The van der Waals surface area contributed by atoms with Gasteiger partial charge in [-0.15, -0.1) is 24.0 Å². The van der Waals surface area contributed by atoms with Gasteiger partial charge in [-0.1, -0.05) is 12.8 Å². The summed E-state index contributed by atoms with van der Waals surface area (Å²) in [7, 11) is 0. The average molecular weight is 464 g/mol. The standard InChI is InChI=1S/C19H36N4O.HI/c1-4-20-17(22-10-9-19(16-22)7-5-6-8-19)21-15-18(2,3)23-11-13-24-14-12-23;/h4-16H2,1-3H3,(H,20,21);1H. The number of aliphatic imine (C=N–C) groups is 1. The molecule has 1 spiro atoms. The van der Waals surface area contributed by atoms with E-state index >= 15 is 0 Å². The van der Waals surface area contributed by atoms with E-state index < -0.39 is 0 Å². The van der Waals surface area contributed by atoms with Crippen molar-refractivity contribution in [2.45, 2.75) is 58.4 Å². The number of ether oxygens (including phenoxy) is 1. The molecule has 0 bridgehead atoms. The molecule has 2 aliphatic heterocycles. The van der Waals surface area contributed by atoms with Gasteiger partial charge in [0.05, 0.1) is 19.8 Å². The Morgan fingerprint density at radius 2 is 1.80 bits per heavy atom. The third kappa shape index (κ3) is 5.22. The van der Waals surface area contributed by atoms with E-state index in [4.69, 9.17) is 9.73 Å². The zero-order valence-electron chi connectivity index (χ0n) is 16.4. The van der Waals surface area contributed by atoms with E-state index in [-0.39, 0.29) is 29.5 Å². The van der Waals surface area contributed by atoms with Crippen molar-refractivity contribution in [2.75, 3.05) is 52.5 Å². The lowest BCUT2D eigenvalue weighted by atomic mass is 9.86. The molecule has 0 unspecified atom stereocenters. The van der Waals surface area contributed by atoms with E-state index in [9.17, 15) is 0 Å². The van der Waals surface area contributed by atoms with E-state index in [1.165, 1.54) is 45.2 Å². The van der Waals surface area contributed by atoms with Crippen molar-refractivity contribution >= 4 is 29.9 Å². The second-order valence-corrected chi connectivity index (χ2v) is 8.46. The van der Waals surface area contributed by atoms with E-state index in [0.29, 0.717) is 5.41 Å². The lowest BCUT2D eigenvalue weighted by Crippen LogP contribution is -2.52. The van der Waals surface area contributed by atoms with Crippen LogP contribution >= 0.6 is 24.0 Å². The predicted molar refractivity (Wildman–Crippen MR) is 115 cm³/mol. The van der Waals surface area contributed by atoms with Crippen LogP contribution < -0.4 is 5.32 Å². The highest BCUT2D eigenvalue weighted by Crippen LogP contribution is 2.45. The monoisotopic (exact) mass is 464 g/mol. The molecule has 1 N–H and O–H groups in total. The summed E-state index contributed by atoms with van der Waals surface area (Å²) >= 11 is 0. The molecule has 3 rings (SSSR count). The number of rotatable bonds is 4. The molecule has 5 nitrogen and oxygen atoms in total. The molecule has 25 heavy (non-hydrogen) atoms. The summed E-state index contributed by atoms with van der Waals surface area (Å²) in [5, 5.41) is 3.54. The maximum Gasteiger partial charge on any atom is 0.193 e. The summed E-state index contributed by atoms with van der Waals surface area (Å²) < 4.78 is 5.50. The van der Waals surface area contributed by atoms with Crippen LogP contribution in [0.1, 0.15) is 52.9 Å². The molecule has 2 saturated heterocycles. The highest BCUT2D eigenvalue weighted by Gasteiger charge is 2.41. The van der Waals surface area contributed by atoms with Gasteiger partial charge in [0.15, 0.2) is 5.96 Å². The Bertz CT molecular complexity index is 443. The minimum absolute atomic E-state index is 0. The van der Waals surface area contributed by atoms with E-state index in [0.717, 1.165) is 45.4 Å². The summed E-state index contributed by atoms with van der Waals surface area (Å²) in [5.41, 5.74) is 0.686. The van der Waals surface area contributed by atoms with Crippen LogP contribution in [0.4, 0.5) is 0 Å². The largest absolute Gasteiger partial charge is 0.379 e. The van der Waals surface area contributed by atoms with Gasteiger partial charge in [-0.2, -0.15) is 0 Å². The second-order valence-electron chi connectivity index (χ2n) is 8.46. The Morgan fingerprint density at radius 3 is 2.44 bits per heavy atom. The minimum Gasteiger partial charge on any atom is -0.379 e. The van der Waals surface area contributed by atoms with E-state index in [2.05, 4.69) is 35.9 Å². The van der Waals surface area contributed by atoms with Crippen molar-refractivity contribution in [3.05, 3.63) is 0 Å². The van der Waals surface area contributed by atoms with Crippen molar-refractivity contribution in [2.24, 2.45) is 10.4 Å². The van der Waals surface area contributed by atoms with Gasteiger partial charge in [-0.3, -0.25) is 9.89 Å². The molecule has 2 heterocycles. The lowest BCUT2D eigenvalue weighted by Gasteiger charge is -2.40. The summed E-state index contributed by atoms with van der Waals surface area (Å²) in [5.74, 6) is 1.13. The molecule has 0 aromatic heterocycles. The fourth-order valence-corrected chi connectivity index (χ4v) is 4.61. The van der Waals surface area contributed by atoms with Crippen molar-refractivity contribution in [1.29, 1.82) is 0 Å². The van der Waals surface area contributed by atoms with E-state index in [1.807, 2.05) is 0 Å². The fourth-order valence-electron chi connectivity index (χ4n) is 4.61. The first-order valence-electron chi connectivity index (χ1n) is 9.91. The Morgan fingerprint density at radius 1 is 1.12 bits per heavy atom. The van der Waals surface area contributed by atoms with Crippen LogP contribution in [0.2, 0.25) is 0 Å². The van der Waals surface area contributed by atoms with Crippen molar-refractivity contribution in [1.82, 2.24) is 15.1 Å². The number of morpholine rings is 1. The zero-order valence-corrected chi connectivity index (χ0v) is 18.7. The molecule has 0 aromatic carbocycles. The zero-order chi connectivity index (χ0) is 17.0. The van der Waals surface area contributed by atoms with Gasteiger partial charge in [-0.05, 0) is 45.4 Å². The van der Waals surface area contributed by atoms with Crippen LogP contribution in [0.3, 0.4) is 0 Å². The first-order chi connectivity index (χ1) is 11.5. The van der Waals surface area contributed by atoms with E-state index in [1.54, 1.807) is 0 Å². The van der Waals surface area contributed by atoms with Crippen molar-refractivity contribution < 1.29 is 4.74 Å². The van der Waals surface area contributed by atoms with Gasteiger partial charge in [0, 0.05) is 38.3 Å². The lowest BCUT2D eigenvalue weighted by molar-refractivity contribution is -0.00689. The molecule has 1 aliphatic carbocycles. The van der Waals surface area contributed by atoms with Crippen LogP contribution in [0, 0.1) is 5.41 Å². The Balaban J connectivity index is 0.00000225. The number of nitrogens with zero attached hydrogens (tertiary/aromatic N) is 3. The predicted octanol–water partition coefficient (Wildman–Crippen LogP) is 2.95. The SMILES string of the molecule is CCNC(=NCC(C)(C)N1CCOCC1)N1CCC2(CCCC2)C1.I. The maximum absolute atomic E-state index is 5.50. The Kier molecular flexibility index (Phi) is 7.83. The number of hydrogen-bond acceptors (Lipinski definition) is 3. The highest BCUT2D eigenvalue weighted by atomic mass is 127. The van der Waals surface area contributed by atoms with Gasteiger partial charge < -0.3 is 15.0 Å². The van der Waals surface area contributed by atoms with Crippen LogP contribution in [-0.2, 0) is 4.74 Å². The summed E-state index contributed by atoms with van der Waals surface area (Å²) in [6, 6.07) is 0. The van der Waals surface area contributed by atoms with Gasteiger partial charge in [0.25, 0.3) is 0 Å². The Labute approximate surface area is 171 Å². The first-order valence-corrected chi connectivity index (χ1v) is 9.91. The second kappa shape index (κ2) is 9.22. The number of halogens is 1. The van der Waals surface area contributed by atoms with Crippen LogP contribution in [0.15, 0.2) is 4.99 Å². The van der Waals surface area contributed by atoms with Gasteiger partial charge >= 0.3 is 0 Å². The average Bonchev–Trinajstić information content (AvgIpc) is 3.23. The summed E-state index contributed by atoms with van der Waals surface area (Å²) in [6.07, 6.45) is 7.03. The number of hydrogen-bond donors (Lipinski definition) is 1. The quantitative estimate of drug-likeness (QED) is 0.395. The molecule has 3 aliphatic rings. The first kappa shape index (κ1) is 21.2. The third-order valence-electron chi connectivity index (χ3n) is 6.22.